The molecule has 2 heterocycles. The maximum absolute atomic E-state index is 14.0. The van der Waals surface area contributed by atoms with Crippen LogP contribution < -0.4 is 15.5 Å². The standard InChI is InChI=1S/C19H18FN5O2S/c1-11-22-23-19-25(11)24-16(12-7-9-13(27-2)10-8-12)17(28-19)18(26)21-15-6-4-3-5-14(15)20/h3-10,16-17,24H,1-2H3,(H,21,26). The van der Waals surface area contributed by atoms with Gasteiger partial charge in [0.05, 0.1) is 18.8 Å². The number of carbonyl (C=O) groups is 1. The minimum absolute atomic E-state index is 0.143. The van der Waals surface area contributed by atoms with Crippen LogP contribution in [0.15, 0.2) is 53.7 Å². The van der Waals surface area contributed by atoms with E-state index in [1.54, 1.807) is 23.9 Å². The predicted octanol–water partition coefficient (Wildman–Crippen LogP) is 3.13. The molecule has 0 saturated carbocycles. The van der Waals surface area contributed by atoms with Crippen molar-refractivity contribution in [2.24, 2.45) is 0 Å². The van der Waals surface area contributed by atoms with Crippen LogP contribution in [0.1, 0.15) is 17.4 Å². The van der Waals surface area contributed by atoms with Crippen molar-refractivity contribution >= 4 is 23.4 Å². The van der Waals surface area contributed by atoms with E-state index >= 15 is 0 Å². The number of thioether (sulfide) groups is 1. The van der Waals surface area contributed by atoms with Crippen LogP contribution >= 0.6 is 11.8 Å². The summed E-state index contributed by atoms with van der Waals surface area (Å²) in [5, 5.41) is 10.9. The summed E-state index contributed by atoms with van der Waals surface area (Å²) >= 11 is 1.29. The summed E-state index contributed by atoms with van der Waals surface area (Å²) in [6, 6.07) is 13.2. The lowest BCUT2D eigenvalue weighted by Gasteiger charge is -2.32. The highest BCUT2D eigenvalue weighted by atomic mass is 32.2. The summed E-state index contributed by atoms with van der Waals surface area (Å²) in [5.41, 5.74) is 4.34. The molecule has 0 radical (unpaired) electrons. The van der Waals surface area contributed by atoms with Gasteiger partial charge in [0.15, 0.2) is 0 Å². The highest BCUT2D eigenvalue weighted by Gasteiger charge is 2.37. The number of hydrogen-bond acceptors (Lipinski definition) is 6. The summed E-state index contributed by atoms with van der Waals surface area (Å²) in [7, 11) is 1.60. The Morgan fingerprint density at radius 3 is 2.68 bits per heavy atom. The van der Waals surface area contributed by atoms with E-state index in [9.17, 15) is 9.18 Å². The van der Waals surface area contributed by atoms with Gasteiger partial charge in [-0.1, -0.05) is 36.0 Å². The van der Waals surface area contributed by atoms with Crippen LogP contribution in [-0.2, 0) is 4.79 Å². The number of anilines is 1. The molecule has 0 spiro atoms. The van der Waals surface area contributed by atoms with Crippen LogP contribution in [0.2, 0.25) is 0 Å². The quantitative estimate of drug-likeness (QED) is 0.702. The van der Waals surface area contributed by atoms with Crippen molar-refractivity contribution in [2.45, 2.75) is 23.4 Å². The first-order valence-electron chi connectivity index (χ1n) is 8.61. The number of rotatable bonds is 4. The number of benzene rings is 2. The Morgan fingerprint density at radius 2 is 1.96 bits per heavy atom. The molecule has 0 saturated heterocycles. The van der Waals surface area contributed by atoms with Crippen LogP contribution in [0.4, 0.5) is 10.1 Å². The molecule has 1 amide bonds. The Kier molecular flexibility index (Phi) is 4.91. The van der Waals surface area contributed by atoms with E-state index < -0.39 is 11.1 Å². The summed E-state index contributed by atoms with van der Waals surface area (Å²) in [5.74, 6) is 0.606. The van der Waals surface area contributed by atoms with Crippen molar-refractivity contribution in [1.82, 2.24) is 14.9 Å². The van der Waals surface area contributed by atoms with Crippen molar-refractivity contribution in [3.63, 3.8) is 0 Å². The number of nitrogens with zero attached hydrogens (tertiary/aromatic N) is 3. The fourth-order valence-electron chi connectivity index (χ4n) is 2.99. The molecule has 1 aliphatic rings. The van der Waals surface area contributed by atoms with Crippen LogP contribution in [0, 0.1) is 12.7 Å². The second kappa shape index (κ2) is 7.51. The van der Waals surface area contributed by atoms with Crippen molar-refractivity contribution in [3.05, 3.63) is 65.7 Å². The lowest BCUT2D eigenvalue weighted by molar-refractivity contribution is -0.116. The second-order valence-electron chi connectivity index (χ2n) is 6.25. The van der Waals surface area contributed by atoms with Gasteiger partial charge < -0.3 is 15.5 Å². The molecular weight excluding hydrogens is 381 g/mol. The van der Waals surface area contributed by atoms with Gasteiger partial charge in [0, 0.05) is 0 Å². The summed E-state index contributed by atoms with van der Waals surface area (Å²) < 4.78 is 21.0. The molecule has 0 fully saturated rings. The number of aryl methyl sites for hydroxylation is 1. The first-order valence-corrected chi connectivity index (χ1v) is 9.49. The van der Waals surface area contributed by atoms with Gasteiger partial charge >= 0.3 is 0 Å². The van der Waals surface area contributed by atoms with Gasteiger partial charge in [-0.25, -0.2) is 9.07 Å². The predicted molar refractivity (Wildman–Crippen MR) is 105 cm³/mol. The number of methoxy groups -OCH3 is 1. The van der Waals surface area contributed by atoms with Crippen molar-refractivity contribution in [2.75, 3.05) is 17.9 Å². The van der Waals surface area contributed by atoms with Gasteiger partial charge in [0.25, 0.3) is 0 Å². The largest absolute Gasteiger partial charge is 0.497 e. The van der Waals surface area contributed by atoms with Gasteiger partial charge in [-0.3, -0.25) is 4.79 Å². The first-order chi connectivity index (χ1) is 13.6. The van der Waals surface area contributed by atoms with E-state index in [2.05, 4.69) is 20.9 Å². The van der Waals surface area contributed by atoms with Gasteiger partial charge in [-0.15, -0.1) is 10.2 Å². The molecule has 1 aromatic heterocycles. The van der Waals surface area contributed by atoms with E-state index in [-0.39, 0.29) is 17.6 Å². The van der Waals surface area contributed by atoms with Crippen molar-refractivity contribution < 1.29 is 13.9 Å². The lowest BCUT2D eigenvalue weighted by Crippen LogP contribution is -2.41. The SMILES string of the molecule is COc1ccc(C2Nn3c(C)nnc3SC2C(=O)Nc2ccccc2F)cc1. The van der Waals surface area contributed by atoms with Crippen LogP contribution in [0.5, 0.6) is 5.75 Å². The molecule has 4 rings (SSSR count). The fraction of sp³-hybridized carbons (Fsp3) is 0.211. The van der Waals surface area contributed by atoms with E-state index in [0.717, 1.165) is 11.3 Å². The zero-order valence-electron chi connectivity index (χ0n) is 15.2. The van der Waals surface area contributed by atoms with Crippen LogP contribution in [0.3, 0.4) is 0 Å². The average Bonchev–Trinajstić information content (AvgIpc) is 3.09. The molecule has 3 aromatic rings. The zero-order valence-corrected chi connectivity index (χ0v) is 16.0. The Hall–Kier alpha value is -3.07. The molecule has 2 aromatic carbocycles. The van der Waals surface area contributed by atoms with Crippen molar-refractivity contribution in [1.29, 1.82) is 0 Å². The summed E-state index contributed by atoms with van der Waals surface area (Å²) in [6.45, 7) is 1.83. The first kappa shape index (κ1) is 18.3. The highest BCUT2D eigenvalue weighted by Crippen LogP contribution is 2.38. The number of aromatic nitrogens is 3. The van der Waals surface area contributed by atoms with Crippen LogP contribution in [0.25, 0.3) is 0 Å². The maximum atomic E-state index is 14.0. The van der Waals surface area contributed by atoms with E-state index in [0.29, 0.717) is 11.0 Å². The van der Waals surface area contributed by atoms with Crippen molar-refractivity contribution in [3.8, 4) is 5.75 Å². The summed E-state index contributed by atoms with van der Waals surface area (Å²) in [6.07, 6.45) is 0. The Labute approximate surface area is 165 Å². The smallest absolute Gasteiger partial charge is 0.240 e. The topological polar surface area (TPSA) is 81.1 Å². The molecule has 2 N–H and O–H groups in total. The number of carbonyl (C=O) groups excluding carboxylic acids is 1. The Balaban J connectivity index is 1.67. The molecule has 144 valence electrons. The minimum Gasteiger partial charge on any atom is -0.497 e. The normalized spacial score (nSPS) is 18.1. The van der Waals surface area contributed by atoms with Gasteiger partial charge in [-0.05, 0) is 36.8 Å². The fourth-order valence-corrected chi connectivity index (χ4v) is 4.11. The molecule has 9 heteroatoms. The molecule has 2 unspecified atom stereocenters. The van der Waals surface area contributed by atoms with Gasteiger partial charge in [0.1, 0.15) is 22.6 Å². The molecule has 0 bridgehead atoms. The molecule has 28 heavy (non-hydrogen) atoms. The molecular formula is C19H18FN5O2S. The minimum atomic E-state index is -0.580. The molecule has 0 aliphatic carbocycles. The van der Waals surface area contributed by atoms with E-state index in [1.807, 2.05) is 31.2 Å². The number of fused-ring (bicyclic) bond motifs is 1. The number of halogens is 1. The van der Waals surface area contributed by atoms with Gasteiger partial charge in [-0.2, -0.15) is 0 Å². The third-order valence-corrected chi connectivity index (χ3v) is 5.68. The lowest BCUT2D eigenvalue weighted by atomic mass is 10.0. The number of ether oxygens (including phenoxy) is 1. The summed E-state index contributed by atoms with van der Waals surface area (Å²) in [4.78, 5) is 13.0. The number of hydrogen-bond donors (Lipinski definition) is 2. The monoisotopic (exact) mass is 399 g/mol. The Morgan fingerprint density at radius 1 is 1.21 bits per heavy atom. The molecule has 1 aliphatic heterocycles. The molecule has 7 nitrogen and oxygen atoms in total. The van der Waals surface area contributed by atoms with Crippen LogP contribution in [-0.4, -0.2) is 33.1 Å². The third kappa shape index (κ3) is 3.40. The number of amides is 1. The third-order valence-electron chi connectivity index (χ3n) is 4.46. The number of para-hydroxylation sites is 1. The second-order valence-corrected chi connectivity index (χ2v) is 7.36. The number of nitrogens with one attached hydrogen (secondary N) is 2. The van der Waals surface area contributed by atoms with E-state index in [4.69, 9.17) is 4.74 Å². The molecule has 2 atom stereocenters. The Bertz CT molecular complexity index is 1010. The maximum Gasteiger partial charge on any atom is 0.240 e. The highest BCUT2D eigenvalue weighted by molar-refractivity contribution is 8.00. The zero-order chi connectivity index (χ0) is 19.7. The average molecular weight is 399 g/mol. The van der Waals surface area contributed by atoms with Gasteiger partial charge in [0.2, 0.25) is 11.1 Å². The van der Waals surface area contributed by atoms with E-state index in [1.165, 1.54) is 23.9 Å².